The molecule has 4 nitrogen and oxygen atoms in total. The first-order chi connectivity index (χ1) is 11.8. The highest BCUT2D eigenvalue weighted by Crippen LogP contribution is 2.21. The van der Waals surface area contributed by atoms with Gasteiger partial charge in [0.15, 0.2) is 9.84 Å². The van der Waals surface area contributed by atoms with Crippen molar-refractivity contribution >= 4 is 39.1 Å². The average Bonchev–Trinajstić information content (AvgIpc) is 2.56. The Hall–Kier alpha value is -1.50. The molecule has 0 saturated heterocycles. The van der Waals surface area contributed by atoms with E-state index >= 15 is 0 Å². The van der Waals surface area contributed by atoms with Crippen LogP contribution in [-0.4, -0.2) is 26.3 Å². The molecule has 1 amide bonds. The van der Waals surface area contributed by atoms with Crippen molar-refractivity contribution < 1.29 is 13.2 Å². The number of amides is 1. The molecule has 0 radical (unpaired) electrons. The number of thioether (sulfide) groups is 1. The van der Waals surface area contributed by atoms with E-state index in [1.807, 2.05) is 31.2 Å². The van der Waals surface area contributed by atoms with Crippen molar-refractivity contribution in [3.63, 3.8) is 0 Å². The van der Waals surface area contributed by atoms with Gasteiger partial charge in [0.1, 0.15) is 0 Å². The zero-order valence-corrected chi connectivity index (χ0v) is 16.4. The highest BCUT2D eigenvalue weighted by atomic mass is 35.5. The number of hydrogen-bond donors (Lipinski definition) is 1. The van der Waals surface area contributed by atoms with Crippen molar-refractivity contribution in [1.29, 1.82) is 0 Å². The normalized spacial score (nSPS) is 12.6. The summed E-state index contributed by atoms with van der Waals surface area (Å²) in [4.78, 5) is 13.4. The van der Waals surface area contributed by atoms with Gasteiger partial charge in [-0.05, 0) is 48.9 Å². The van der Waals surface area contributed by atoms with Crippen molar-refractivity contribution in [3.8, 4) is 0 Å². The number of rotatable bonds is 7. The van der Waals surface area contributed by atoms with E-state index in [9.17, 15) is 13.2 Å². The number of nitrogens with one attached hydrogen (secondary N) is 1. The first-order valence-electron chi connectivity index (χ1n) is 7.73. The summed E-state index contributed by atoms with van der Waals surface area (Å²) < 4.78 is 22.9. The second-order valence-electron chi connectivity index (χ2n) is 5.68. The topological polar surface area (TPSA) is 63.2 Å². The van der Waals surface area contributed by atoms with Gasteiger partial charge in [-0.1, -0.05) is 23.7 Å². The van der Waals surface area contributed by atoms with Gasteiger partial charge in [0.25, 0.3) is 0 Å². The molecular formula is C18H20ClNO3S2. The van der Waals surface area contributed by atoms with Crippen LogP contribution in [0.3, 0.4) is 0 Å². The molecule has 0 aromatic heterocycles. The molecule has 0 aliphatic heterocycles. The maximum Gasteiger partial charge on any atom is 0.221 e. The van der Waals surface area contributed by atoms with Crippen LogP contribution in [-0.2, 0) is 14.6 Å². The molecule has 2 rings (SSSR count). The lowest BCUT2D eigenvalue weighted by Gasteiger charge is -2.14. The van der Waals surface area contributed by atoms with Crippen LogP contribution in [0.5, 0.6) is 0 Å². The molecule has 0 aliphatic carbocycles. The van der Waals surface area contributed by atoms with E-state index in [2.05, 4.69) is 5.32 Å². The molecule has 1 atom stereocenters. The summed E-state index contributed by atoms with van der Waals surface area (Å²) in [6.45, 7) is 1.87. The maximum atomic E-state index is 12.1. The average molecular weight is 398 g/mol. The molecular weight excluding hydrogens is 378 g/mol. The summed E-state index contributed by atoms with van der Waals surface area (Å²) in [7, 11) is -3.21. The second kappa shape index (κ2) is 8.74. The molecule has 0 bridgehead atoms. The van der Waals surface area contributed by atoms with E-state index in [0.717, 1.165) is 10.5 Å². The van der Waals surface area contributed by atoms with Crippen LogP contribution in [0.15, 0.2) is 58.3 Å². The van der Waals surface area contributed by atoms with Gasteiger partial charge in [0.2, 0.25) is 5.91 Å². The van der Waals surface area contributed by atoms with Crippen molar-refractivity contribution in [1.82, 2.24) is 5.32 Å². The predicted molar refractivity (Wildman–Crippen MR) is 103 cm³/mol. The molecule has 1 N–H and O–H groups in total. The Balaban J connectivity index is 1.82. The van der Waals surface area contributed by atoms with Crippen LogP contribution >= 0.6 is 23.4 Å². The zero-order chi connectivity index (χ0) is 18.4. The Morgan fingerprint density at radius 2 is 1.72 bits per heavy atom. The zero-order valence-electron chi connectivity index (χ0n) is 14.0. The standard InChI is InChI=1S/C18H20ClNO3S2/c1-13(14-3-9-17(10-4-14)25(2,22)23)20-18(21)11-12-24-16-7-5-15(19)6-8-16/h3-10,13H,11-12H2,1-2H3,(H,20,21)/t13-/m1/s1. The molecule has 2 aromatic rings. The number of halogens is 1. The fourth-order valence-corrected chi connectivity index (χ4v) is 3.80. The van der Waals surface area contributed by atoms with Crippen LogP contribution in [0, 0.1) is 0 Å². The Bertz CT molecular complexity index is 818. The molecule has 0 saturated carbocycles. The molecule has 0 unspecified atom stereocenters. The Kier molecular flexibility index (Phi) is 6.93. The lowest BCUT2D eigenvalue weighted by molar-refractivity contribution is -0.121. The van der Waals surface area contributed by atoms with Crippen molar-refractivity contribution in [2.24, 2.45) is 0 Å². The molecule has 25 heavy (non-hydrogen) atoms. The minimum Gasteiger partial charge on any atom is -0.350 e. The van der Waals surface area contributed by atoms with Crippen LogP contribution in [0.2, 0.25) is 5.02 Å². The minimum atomic E-state index is -3.21. The van der Waals surface area contributed by atoms with E-state index in [1.165, 1.54) is 6.26 Å². The van der Waals surface area contributed by atoms with Gasteiger partial charge in [-0.3, -0.25) is 4.79 Å². The molecule has 134 valence electrons. The van der Waals surface area contributed by atoms with Gasteiger partial charge in [0, 0.05) is 28.3 Å². The smallest absolute Gasteiger partial charge is 0.221 e. The van der Waals surface area contributed by atoms with Gasteiger partial charge in [-0.2, -0.15) is 0 Å². The van der Waals surface area contributed by atoms with Crippen LogP contribution < -0.4 is 5.32 Å². The molecule has 0 heterocycles. The van der Waals surface area contributed by atoms with Gasteiger partial charge < -0.3 is 5.32 Å². The van der Waals surface area contributed by atoms with E-state index < -0.39 is 9.84 Å². The summed E-state index contributed by atoms with van der Waals surface area (Å²) in [5, 5.41) is 3.62. The van der Waals surface area contributed by atoms with Gasteiger partial charge in [-0.25, -0.2) is 8.42 Å². The predicted octanol–water partition coefficient (Wildman–Crippen LogP) is 4.10. The number of benzene rings is 2. The van der Waals surface area contributed by atoms with E-state index in [4.69, 9.17) is 11.6 Å². The summed E-state index contributed by atoms with van der Waals surface area (Å²) in [6, 6.07) is 13.9. The summed E-state index contributed by atoms with van der Waals surface area (Å²) in [5.41, 5.74) is 0.867. The fraction of sp³-hybridized carbons (Fsp3) is 0.278. The van der Waals surface area contributed by atoms with Gasteiger partial charge in [0.05, 0.1) is 10.9 Å². The van der Waals surface area contributed by atoms with Gasteiger partial charge >= 0.3 is 0 Å². The van der Waals surface area contributed by atoms with Crippen molar-refractivity contribution in [2.75, 3.05) is 12.0 Å². The number of carbonyl (C=O) groups is 1. The SMILES string of the molecule is C[C@@H](NC(=O)CCSc1ccc(Cl)cc1)c1ccc(S(C)(=O)=O)cc1. The minimum absolute atomic E-state index is 0.0406. The highest BCUT2D eigenvalue weighted by Gasteiger charge is 2.12. The van der Waals surface area contributed by atoms with Crippen molar-refractivity contribution in [2.45, 2.75) is 29.2 Å². The third-order valence-corrected chi connectivity index (χ3v) is 5.99. The van der Waals surface area contributed by atoms with E-state index in [-0.39, 0.29) is 16.8 Å². The highest BCUT2D eigenvalue weighted by molar-refractivity contribution is 7.99. The molecule has 7 heteroatoms. The largest absolute Gasteiger partial charge is 0.350 e. The van der Waals surface area contributed by atoms with Crippen LogP contribution in [0.25, 0.3) is 0 Å². The molecule has 0 aliphatic rings. The second-order valence-corrected chi connectivity index (χ2v) is 9.30. The monoisotopic (exact) mass is 397 g/mol. The number of sulfone groups is 1. The van der Waals surface area contributed by atoms with E-state index in [1.54, 1.807) is 36.0 Å². The van der Waals surface area contributed by atoms with Crippen molar-refractivity contribution in [3.05, 3.63) is 59.1 Å². The number of carbonyl (C=O) groups excluding carboxylic acids is 1. The Morgan fingerprint density at radius 1 is 1.12 bits per heavy atom. The third kappa shape index (κ3) is 6.38. The van der Waals surface area contributed by atoms with Crippen LogP contribution in [0.1, 0.15) is 24.9 Å². The summed E-state index contributed by atoms with van der Waals surface area (Å²) >= 11 is 7.44. The lowest BCUT2D eigenvalue weighted by atomic mass is 10.1. The van der Waals surface area contributed by atoms with Gasteiger partial charge in [-0.15, -0.1) is 11.8 Å². The molecule has 0 fully saturated rings. The maximum absolute atomic E-state index is 12.1. The first-order valence-corrected chi connectivity index (χ1v) is 11.0. The number of hydrogen-bond acceptors (Lipinski definition) is 4. The Labute approximate surface area is 157 Å². The first kappa shape index (κ1) is 19.8. The molecule has 2 aromatic carbocycles. The molecule has 0 spiro atoms. The lowest BCUT2D eigenvalue weighted by Crippen LogP contribution is -2.26. The Morgan fingerprint density at radius 3 is 2.28 bits per heavy atom. The third-order valence-electron chi connectivity index (χ3n) is 3.60. The summed E-state index contributed by atoms with van der Waals surface area (Å²) in [6.07, 6.45) is 1.57. The quantitative estimate of drug-likeness (QED) is 0.714. The van der Waals surface area contributed by atoms with E-state index in [0.29, 0.717) is 17.2 Å². The fourth-order valence-electron chi connectivity index (χ4n) is 2.19. The summed E-state index contributed by atoms with van der Waals surface area (Å²) in [5.74, 6) is 0.633. The van der Waals surface area contributed by atoms with Crippen LogP contribution in [0.4, 0.5) is 0 Å².